The van der Waals surface area contributed by atoms with Gasteiger partial charge in [-0.1, -0.05) is 6.92 Å². The van der Waals surface area contributed by atoms with Crippen molar-refractivity contribution in [2.24, 2.45) is 0 Å². The maximum absolute atomic E-state index is 11.2. The molecule has 0 saturated carbocycles. The molecular weight excluding hydrogens is 216 g/mol. The van der Waals surface area contributed by atoms with Gasteiger partial charge >= 0.3 is 11.9 Å². The number of aliphatic carboxylic acids is 1. The van der Waals surface area contributed by atoms with Gasteiger partial charge in [0.05, 0.1) is 20.1 Å². The number of carboxylic acid groups (broad SMARTS) is 1. The van der Waals surface area contributed by atoms with E-state index in [-0.39, 0.29) is 13.0 Å². The maximum atomic E-state index is 11.2. The first-order valence-corrected chi connectivity index (χ1v) is 4.81. The molecule has 3 N–H and O–H groups in total. The number of rotatable bonds is 7. The maximum Gasteiger partial charge on any atom is 0.326 e. The Bertz CT molecular complexity index is 267. The summed E-state index contributed by atoms with van der Waals surface area (Å²) in [5.41, 5.74) is 0. The quantitative estimate of drug-likeness (QED) is 0.473. The van der Waals surface area contributed by atoms with Crippen molar-refractivity contribution in [1.29, 1.82) is 0 Å². The van der Waals surface area contributed by atoms with E-state index < -0.39 is 23.9 Å². The Morgan fingerprint density at radius 2 is 2.00 bits per heavy atom. The molecule has 1 amide bonds. The zero-order valence-electron chi connectivity index (χ0n) is 9.28. The van der Waals surface area contributed by atoms with E-state index in [4.69, 9.17) is 5.11 Å². The van der Waals surface area contributed by atoms with Gasteiger partial charge in [0.15, 0.2) is 0 Å². The smallest absolute Gasteiger partial charge is 0.326 e. The Labute approximate surface area is 93.2 Å². The van der Waals surface area contributed by atoms with Crippen molar-refractivity contribution in [3.63, 3.8) is 0 Å². The Morgan fingerprint density at radius 3 is 2.44 bits per heavy atom. The molecule has 92 valence electrons. The third-order valence-corrected chi connectivity index (χ3v) is 1.77. The molecule has 0 fully saturated rings. The molecule has 1 atom stereocenters. The number of carbonyl (C=O) groups is 3. The number of nitrogens with one attached hydrogen (secondary N) is 2. The minimum absolute atomic E-state index is 0.0153. The van der Waals surface area contributed by atoms with Crippen LogP contribution in [0.15, 0.2) is 0 Å². The van der Waals surface area contributed by atoms with Crippen LogP contribution in [0.4, 0.5) is 0 Å². The molecule has 7 nitrogen and oxygen atoms in total. The van der Waals surface area contributed by atoms with E-state index in [2.05, 4.69) is 15.4 Å². The van der Waals surface area contributed by atoms with E-state index >= 15 is 0 Å². The molecular formula is C9H16N2O5. The van der Waals surface area contributed by atoms with Gasteiger partial charge in [0, 0.05) is 0 Å². The fraction of sp³-hybridized carbons (Fsp3) is 0.667. The normalized spacial score (nSPS) is 11.6. The Balaban J connectivity index is 4.17. The lowest BCUT2D eigenvalue weighted by atomic mass is 10.2. The highest BCUT2D eigenvalue weighted by atomic mass is 16.5. The molecule has 0 radical (unpaired) electrons. The Morgan fingerprint density at radius 1 is 1.38 bits per heavy atom. The van der Waals surface area contributed by atoms with Gasteiger partial charge in [-0.2, -0.15) is 0 Å². The van der Waals surface area contributed by atoms with Crippen LogP contribution in [0.25, 0.3) is 0 Å². The van der Waals surface area contributed by atoms with Gasteiger partial charge < -0.3 is 20.5 Å². The molecule has 0 bridgehead atoms. The van der Waals surface area contributed by atoms with Crippen LogP contribution in [0.2, 0.25) is 0 Å². The summed E-state index contributed by atoms with van der Waals surface area (Å²) in [6, 6.07) is -1.25. The second kappa shape index (κ2) is 7.63. The molecule has 0 heterocycles. The van der Waals surface area contributed by atoms with Crippen molar-refractivity contribution in [3.8, 4) is 0 Å². The van der Waals surface area contributed by atoms with Crippen LogP contribution in [0, 0.1) is 0 Å². The molecule has 16 heavy (non-hydrogen) atoms. The second-order valence-electron chi connectivity index (χ2n) is 3.02. The number of carboxylic acids is 1. The number of hydrogen-bond donors (Lipinski definition) is 3. The second-order valence-corrected chi connectivity index (χ2v) is 3.02. The highest BCUT2D eigenvalue weighted by molar-refractivity contribution is 5.87. The van der Waals surface area contributed by atoms with E-state index in [0.717, 1.165) is 7.11 Å². The van der Waals surface area contributed by atoms with Crippen molar-refractivity contribution in [3.05, 3.63) is 0 Å². The average Bonchev–Trinajstić information content (AvgIpc) is 2.24. The first kappa shape index (κ1) is 14.4. The molecule has 0 spiro atoms. The zero-order chi connectivity index (χ0) is 12.6. The SMILES string of the molecule is CCNCC(=O)N[C@@H](CC(=O)OC)C(=O)O. The number of likely N-dealkylation sites (N-methyl/N-ethyl adjacent to an activating group) is 1. The van der Waals surface area contributed by atoms with Crippen molar-refractivity contribution >= 4 is 17.8 Å². The van der Waals surface area contributed by atoms with Crippen molar-refractivity contribution in [2.45, 2.75) is 19.4 Å². The summed E-state index contributed by atoms with van der Waals surface area (Å²) < 4.78 is 4.32. The molecule has 0 aromatic heterocycles. The number of hydrogen-bond acceptors (Lipinski definition) is 5. The molecule has 0 aromatic rings. The molecule has 0 unspecified atom stereocenters. The number of ether oxygens (including phenoxy) is 1. The van der Waals surface area contributed by atoms with Gasteiger partial charge in [-0.05, 0) is 6.54 Å². The summed E-state index contributed by atoms with van der Waals surface area (Å²) >= 11 is 0. The van der Waals surface area contributed by atoms with E-state index in [1.54, 1.807) is 0 Å². The number of carbonyl (C=O) groups excluding carboxylic acids is 2. The topological polar surface area (TPSA) is 105 Å². The van der Waals surface area contributed by atoms with Crippen LogP contribution in [0.1, 0.15) is 13.3 Å². The van der Waals surface area contributed by atoms with Gasteiger partial charge in [0.2, 0.25) is 5.91 Å². The third kappa shape index (κ3) is 5.97. The lowest BCUT2D eigenvalue weighted by Crippen LogP contribution is -2.45. The van der Waals surface area contributed by atoms with Gasteiger partial charge in [0.1, 0.15) is 6.04 Å². The summed E-state index contributed by atoms with van der Waals surface area (Å²) in [6.07, 6.45) is -0.385. The first-order chi connectivity index (χ1) is 7.51. The number of methoxy groups -OCH3 is 1. The molecule has 0 rings (SSSR count). The van der Waals surface area contributed by atoms with Crippen molar-refractivity contribution < 1.29 is 24.2 Å². The van der Waals surface area contributed by atoms with Gasteiger partial charge in [0.25, 0.3) is 0 Å². The van der Waals surface area contributed by atoms with Crippen LogP contribution in [0.5, 0.6) is 0 Å². The fourth-order valence-corrected chi connectivity index (χ4v) is 0.934. The van der Waals surface area contributed by atoms with Crippen molar-refractivity contribution in [2.75, 3.05) is 20.2 Å². The molecule has 0 aliphatic carbocycles. The molecule has 0 aliphatic rings. The molecule has 0 aromatic carbocycles. The van der Waals surface area contributed by atoms with E-state index in [1.807, 2.05) is 6.92 Å². The summed E-state index contributed by atoms with van der Waals surface area (Å²) in [7, 11) is 1.15. The van der Waals surface area contributed by atoms with Crippen molar-refractivity contribution in [1.82, 2.24) is 10.6 Å². The summed E-state index contributed by atoms with van der Waals surface area (Å²) in [5, 5.41) is 13.7. The lowest BCUT2D eigenvalue weighted by molar-refractivity contribution is -0.148. The summed E-state index contributed by atoms with van der Waals surface area (Å²) in [6.45, 7) is 2.43. The van der Waals surface area contributed by atoms with Crippen LogP contribution < -0.4 is 10.6 Å². The number of esters is 1. The Kier molecular flexibility index (Phi) is 6.86. The lowest BCUT2D eigenvalue weighted by Gasteiger charge is -2.13. The molecule has 7 heteroatoms. The highest BCUT2D eigenvalue weighted by Crippen LogP contribution is 1.94. The van der Waals surface area contributed by atoms with Crippen LogP contribution in [0.3, 0.4) is 0 Å². The molecule has 0 aliphatic heterocycles. The van der Waals surface area contributed by atoms with Gasteiger partial charge in [-0.15, -0.1) is 0 Å². The summed E-state index contributed by atoms with van der Waals surface area (Å²) in [5.74, 6) is -2.43. The monoisotopic (exact) mass is 232 g/mol. The number of amides is 1. The minimum Gasteiger partial charge on any atom is -0.480 e. The predicted molar refractivity (Wildman–Crippen MR) is 54.7 cm³/mol. The van der Waals surface area contributed by atoms with Crippen LogP contribution in [-0.4, -0.2) is 49.2 Å². The zero-order valence-corrected chi connectivity index (χ0v) is 9.28. The van der Waals surface area contributed by atoms with Gasteiger partial charge in [-0.25, -0.2) is 4.79 Å². The Hall–Kier alpha value is -1.63. The average molecular weight is 232 g/mol. The minimum atomic E-state index is -1.27. The third-order valence-electron chi connectivity index (χ3n) is 1.77. The highest BCUT2D eigenvalue weighted by Gasteiger charge is 2.23. The van der Waals surface area contributed by atoms with E-state index in [9.17, 15) is 14.4 Å². The fourth-order valence-electron chi connectivity index (χ4n) is 0.934. The van der Waals surface area contributed by atoms with E-state index in [0.29, 0.717) is 6.54 Å². The first-order valence-electron chi connectivity index (χ1n) is 4.81. The predicted octanol–water partition coefficient (Wildman–Crippen LogP) is -1.27. The summed E-state index contributed by atoms with van der Waals surface area (Å²) in [4.78, 5) is 32.8. The van der Waals surface area contributed by atoms with Crippen LogP contribution in [-0.2, 0) is 19.1 Å². The standard InChI is InChI=1S/C9H16N2O5/c1-3-10-5-7(12)11-6(9(14)15)4-8(13)16-2/h6,10H,3-5H2,1-2H3,(H,11,12)(H,14,15)/t6-/m0/s1. The van der Waals surface area contributed by atoms with E-state index in [1.165, 1.54) is 0 Å². The largest absolute Gasteiger partial charge is 0.480 e. The van der Waals surface area contributed by atoms with Gasteiger partial charge in [-0.3, -0.25) is 9.59 Å². The molecule has 0 saturated heterocycles. The van der Waals surface area contributed by atoms with Crippen LogP contribution >= 0.6 is 0 Å².